The van der Waals surface area contributed by atoms with Crippen LogP contribution >= 0.6 is 0 Å². The number of benzene rings is 2. The lowest BCUT2D eigenvalue weighted by Gasteiger charge is -2.08. The number of aromatic nitrogens is 2. The summed E-state index contributed by atoms with van der Waals surface area (Å²) < 4.78 is 3.22. The lowest BCUT2D eigenvalue weighted by Crippen LogP contribution is -2.23. The fourth-order valence-corrected chi connectivity index (χ4v) is 3.56. The Morgan fingerprint density at radius 2 is 1.73 bits per heavy atom. The van der Waals surface area contributed by atoms with Crippen molar-refractivity contribution in [3.63, 3.8) is 0 Å². The molecule has 3 aromatic rings. The average molecular weight is 404 g/mol. The van der Waals surface area contributed by atoms with Crippen LogP contribution < -0.4 is 16.2 Å². The summed E-state index contributed by atoms with van der Waals surface area (Å²) in [4.78, 5) is 38.0. The zero-order chi connectivity index (χ0) is 21.4. The van der Waals surface area contributed by atoms with Gasteiger partial charge in [-0.3, -0.25) is 19.1 Å². The van der Waals surface area contributed by atoms with Crippen molar-refractivity contribution in [3.05, 3.63) is 76.2 Å². The van der Waals surface area contributed by atoms with E-state index in [9.17, 15) is 14.4 Å². The first-order valence-electron chi connectivity index (χ1n) is 9.93. The molecule has 0 aliphatic heterocycles. The van der Waals surface area contributed by atoms with E-state index in [1.165, 1.54) is 4.68 Å². The van der Waals surface area contributed by atoms with E-state index < -0.39 is 5.91 Å². The number of rotatable bonds is 5. The van der Waals surface area contributed by atoms with Crippen LogP contribution in [0.25, 0.3) is 5.69 Å². The summed E-state index contributed by atoms with van der Waals surface area (Å²) in [7, 11) is 1.77. The van der Waals surface area contributed by atoms with Gasteiger partial charge in [0.05, 0.1) is 11.4 Å². The molecule has 154 valence electrons. The fraction of sp³-hybridized carbons (Fsp3) is 0.261. The van der Waals surface area contributed by atoms with Crippen LogP contribution in [0.4, 0.5) is 11.4 Å². The molecule has 1 heterocycles. The highest BCUT2D eigenvalue weighted by atomic mass is 16.2. The van der Waals surface area contributed by atoms with Gasteiger partial charge in [-0.25, -0.2) is 4.68 Å². The molecule has 1 aromatic heterocycles. The first-order chi connectivity index (χ1) is 14.4. The fourth-order valence-electron chi connectivity index (χ4n) is 3.56. The third-order valence-electron chi connectivity index (χ3n) is 5.63. The molecule has 2 aromatic carbocycles. The number of hydrogen-bond donors (Lipinski definition) is 2. The molecule has 2 atom stereocenters. The molecule has 1 aliphatic rings. The monoisotopic (exact) mass is 404 g/mol. The standard InChI is InChI=1S/C23H24N4O3/c1-14-12-19(14)22(29)24-17-9-7-8-16(13-17)21(28)25-20-15(2)26(3)27(23(20)30)18-10-5-4-6-11-18/h4-11,13-14,19H,12H2,1-3H3,(H,24,29)(H,25,28)/t14-,19-/m1/s1. The van der Waals surface area contributed by atoms with Crippen molar-refractivity contribution in [3.8, 4) is 5.69 Å². The lowest BCUT2D eigenvalue weighted by molar-refractivity contribution is -0.117. The van der Waals surface area contributed by atoms with E-state index in [0.29, 0.717) is 28.6 Å². The summed E-state index contributed by atoms with van der Waals surface area (Å²) in [5, 5.41) is 5.60. The summed E-state index contributed by atoms with van der Waals surface area (Å²) >= 11 is 0. The van der Waals surface area contributed by atoms with Gasteiger partial charge in [0.2, 0.25) is 5.91 Å². The molecule has 0 saturated heterocycles. The zero-order valence-electron chi connectivity index (χ0n) is 17.2. The summed E-state index contributed by atoms with van der Waals surface area (Å²) in [5.41, 5.74) is 2.22. The predicted molar refractivity (Wildman–Crippen MR) is 116 cm³/mol. The van der Waals surface area contributed by atoms with Gasteiger partial charge in [-0.15, -0.1) is 0 Å². The molecule has 7 heteroatoms. The van der Waals surface area contributed by atoms with Crippen LogP contribution in [0.1, 0.15) is 29.4 Å². The van der Waals surface area contributed by atoms with E-state index in [-0.39, 0.29) is 23.1 Å². The van der Waals surface area contributed by atoms with Gasteiger partial charge in [-0.2, -0.15) is 0 Å². The molecule has 1 fully saturated rings. The first kappa shape index (κ1) is 19.7. The van der Waals surface area contributed by atoms with Gasteiger partial charge in [-0.1, -0.05) is 31.2 Å². The molecule has 0 unspecified atom stereocenters. The minimum Gasteiger partial charge on any atom is -0.326 e. The van der Waals surface area contributed by atoms with Crippen LogP contribution in [0.5, 0.6) is 0 Å². The van der Waals surface area contributed by atoms with Crippen molar-refractivity contribution in [2.24, 2.45) is 18.9 Å². The van der Waals surface area contributed by atoms with E-state index in [2.05, 4.69) is 10.6 Å². The molecule has 4 rings (SSSR count). The number of carbonyl (C=O) groups is 2. The highest BCUT2D eigenvalue weighted by Gasteiger charge is 2.39. The summed E-state index contributed by atoms with van der Waals surface area (Å²) in [6, 6.07) is 16.0. The molecule has 7 nitrogen and oxygen atoms in total. The van der Waals surface area contributed by atoms with Crippen molar-refractivity contribution in [1.29, 1.82) is 0 Å². The van der Waals surface area contributed by atoms with Gasteiger partial charge >= 0.3 is 0 Å². The number of anilines is 2. The Labute approximate surface area is 174 Å². The van der Waals surface area contributed by atoms with Crippen LogP contribution in [-0.2, 0) is 11.8 Å². The molecule has 2 N–H and O–H groups in total. The molecule has 0 radical (unpaired) electrons. The Kier molecular flexibility index (Phi) is 5.03. The van der Waals surface area contributed by atoms with Gasteiger partial charge in [0.25, 0.3) is 11.5 Å². The van der Waals surface area contributed by atoms with E-state index in [0.717, 1.165) is 6.42 Å². The minimum atomic E-state index is -0.406. The largest absolute Gasteiger partial charge is 0.326 e. The molecule has 30 heavy (non-hydrogen) atoms. The van der Waals surface area contributed by atoms with Crippen molar-refractivity contribution in [2.45, 2.75) is 20.3 Å². The maximum absolute atomic E-state index is 13.0. The molecular formula is C23H24N4O3. The van der Waals surface area contributed by atoms with Crippen molar-refractivity contribution < 1.29 is 9.59 Å². The summed E-state index contributed by atoms with van der Waals surface area (Å²) in [6.45, 7) is 3.82. The predicted octanol–water partition coefficient (Wildman–Crippen LogP) is 3.33. The lowest BCUT2D eigenvalue weighted by atomic mass is 10.1. The Morgan fingerprint density at radius 1 is 1.03 bits per heavy atom. The third kappa shape index (κ3) is 3.66. The number of carbonyl (C=O) groups excluding carboxylic acids is 2. The molecule has 0 spiro atoms. The van der Waals surface area contributed by atoms with Crippen LogP contribution in [0.2, 0.25) is 0 Å². The normalized spacial score (nSPS) is 17.4. The second-order valence-electron chi connectivity index (χ2n) is 7.78. The second kappa shape index (κ2) is 7.67. The SMILES string of the molecule is Cc1c(NC(=O)c2cccc(NC(=O)[C@@H]3C[C@H]3C)c2)c(=O)n(-c2ccccc2)n1C. The van der Waals surface area contributed by atoms with Gasteiger partial charge in [0.15, 0.2) is 0 Å². The molecule has 0 bridgehead atoms. The quantitative estimate of drug-likeness (QED) is 0.684. The smallest absolute Gasteiger partial charge is 0.295 e. The number of hydrogen-bond acceptors (Lipinski definition) is 3. The van der Waals surface area contributed by atoms with Gasteiger partial charge in [0.1, 0.15) is 5.69 Å². The summed E-state index contributed by atoms with van der Waals surface area (Å²) in [6.07, 6.45) is 0.896. The van der Waals surface area contributed by atoms with Gasteiger partial charge in [0, 0.05) is 24.2 Å². The van der Waals surface area contributed by atoms with E-state index in [1.54, 1.807) is 42.9 Å². The Balaban J connectivity index is 1.57. The van der Waals surface area contributed by atoms with Crippen LogP contribution in [0, 0.1) is 18.8 Å². The second-order valence-corrected chi connectivity index (χ2v) is 7.78. The minimum absolute atomic E-state index is 0.0234. The van der Waals surface area contributed by atoms with Crippen LogP contribution in [-0.4, -0.2) is 21.2 Å². The van der Waals surface area contributed by atoms with Crippen molar-refractivity contribution >= 4 is 23.2 Å². The van der Waals surface area contributed by atoms with Crippen LogP contribution in [0.15, 0.2) is 59.4 Å². The Bertz CT molecular complexity index is 1180. The molecule has 1 saturated carbocycles. The third-order valence-corrected chi connectivity index (χ3v) is 5.63. The number of amides is 2. The molecule has 1 aliphatic carbocycles. The Hall–Kier alpha value is -3.61. The average Bonchev–Trinajstić information content (AvgIpc) is 3.44. The van der Waals surface area contributed by atoms with E-state index in [1.807, 2.05) is 37.3 Å². The van der Waals surface area contributed by atoms with Crippen molar-refractivity contribution in [2.75, 3.05) is 10.6 Å². The number of para-hydroxylation sites is 1. The Morgan fingerprint density at radius 3 is 2.40 bits per heavy atom. The topological polar surface area (TPSA) is 85.1 Å². The highest BCUT2D eigenvalue weighted by Crippen LogP contribution is 2.38. The number of nitrogens with zero attached hydrogens (tertiary/aromatic N) is 2. The first-order valence-corrected chi connectivity index (χ1v) is 9.93. The number of nitrogens with one attached hydrogen (secondary N) is 2. The highest BCUT2D eigenvalue weighted by molar-refractivity contribution is 6.05. The zero-order valence-corrected chi connectivity index (χ0v) is 17.2. The molecule has 2 amide bonds. The van der Waals surface area contributed by atoms with Crippen molar-refractivity contribution in [1.82, 2.24) is 9.36 Å². The van der Waals surface area contributed by atoms with Gasteiger partial charge in [-0.05, 0) is 49.6 Å². The maximum atomic E-state index is 13.0. The van der Waals surface area contributed by atoms with E-state index in [4.69, 9.17) is 0 Å². The summed E-state index contributed by atoms with van der Waals surface area (Å²) in [5.74, 6) is 0.0248. The maximum Gasteiger partial charge on any atom is 0.295 e. The van der Waals surface area contributed by atoms with Gasteiger partial charge < -0.3 is 10.6 Å². The molecular weight excluding hydrogens is 380 g/mol. The van der Waals surface area contributed by atoms with E-state index >= 15 is 0 Å². The van der Waals surface area contributed by atoms with Crippen LogP contribution in [0.3, 0.4) is 0 Å².